The third-order valence-corrected chi connectivity index (χ3v) is 5.46. The molecule has 2 heterocycles. The summed E-state index contributed by atoms with van der Waals surface area (Å²) in [7, 11) is 0. The van der Waals surface area contributed by atoms with Gasteiger partial charge in [-0.1, -0.05) is 28.1 Å². The van der Waals surface area contributed by atoms with E-state index in [1.807, 2.05) is 24.3 Å². The summed E-state index contributed by atoms with van der Waals surface area (Å²) in [4.78, 5) is 14.7. The molecule has 4 rings (SSSR count). The average Bonchev–Trinajstić information content (AvgIpc) is 3.08. The minimum absolute atomic E-state index is 0.144. The molecule has 0 saturated carbocycles. The Morgan fingerprint density at radius 2 is 1.93 bits per heavy atom. The monoisotopic (exact) mass is 444 g/mol. The zero-order chi connectivity index (χ0) is 19.9. The number of carbonyl (C=O) groups excluding carboxylic acids is 1. The van der Waals surface area contributed by atoms with Crippen molar-refractivity contribution in [3.63, 3.8) is 0 Å². The van der Waals surface area contributed by atoms with Crippen molar-refractivity contribution < 1.29 is 19.0 Å². The van der Waals surface area contributed by atoms with Gasteiger partial charge in [0.1, 0.15) is 6.92 Å². The van der Waals surface area contributed by atoms with Crippen LogP contribution < -0.4 is 9.47 Å². The van der Waals surface area contributed by atoms with Crippen LogP contribution in [0.5, 0.6) is 11.5 Å². The van der Waals surface area contributed by atoms with Crippen LogP contribution in [-0.2, 0) is 17.6 Å². The maximum absolute atomic E-state index is 12.9. The Bertz CT molecular complexity index is 889. The lowest BCUT2D eigenvalue weighted by Gasteiger charge is -2.37. The molecule has 1 unspecified atom stereocenters. The average molecular weight is 445 g/mol. The number of hydrogen-bond donors (Lipinski definition) is 0. The molecule has 6 heteroatoms. The number of benzene rings is 2. The van der Waals surface area contributed by atoms with E-state index in [1.165, 1.54) is 5.56 Å². The van der Waals surface area contributed by atoms with Crippen molar-refractivity contribution in [1.29, 1.82) is 0 Å². The van der Waals surface area contributed by atoms with E-state index in [-0.39, 0.29) is 18.9 Å². The van der Waals surface area contributed by atoms with E-state index in [0.29, 0.717) is 13.0 Å². The van der Waals surface area contributed by atoms with Gasteiger partial charge in [0, 0.05) is 24.9 Å². The summed E-state index contributed by atoms with van der Waals surface area (Å²) in [6.45, 7) is 8.29. The second-order valence-corrected chi connectivity index (χ2v) is 8.74. The van der Waals surface area contributed by atoms with Crippen LogP contribution in [0.2, 0.25) is 0 Å². The number of halogens is 1. The zero-order valence-corrected chi connectivity index (χ0v) is 17.6. The first-order chi connectivity index (χ1) is 13.3. The first-order valence-electron chi connectivity index (χ1n) is 9.32. The quantitative estimate of drug-likeness (QED) is 0.620. The van der Waals surface area contributed by atoms with Gasteiger partial charge in [-0.05, 0) is 53.8 Å². The summed E-state index contributed by atoms with van der Waals surface area (Å²) < 4.78 is 17.7. The smallest absolute Gasteiger partial charge is 0.414 e. The van der Waals surface area contributed by atoms with Crippen LogP contribution >= 0.6 is 15.9 Å². The molecule has 2 aliphatic rings. The molecular formula is C22H23BrNO4+. The Balaban J connectivity index is 1.70. The molecule has 0 bridgehead atoms. The number of hydrogen-bond acceptors (Lipinski definition) is 4. The van der Waals surface area contributed by atoms with Crippen molar-refractivity contribution in [2.24, 2.45) is 0 Å². The van der Waals surface area contributed by atoms with Crippen LogP contribution in [0, 0.1) is 6.92 Å². The normalized spacial score (nSPS) is 18.0. The number of ether oxygens (including phenoxy) is 3. The second kappa shape index (κ2) is 7.24. The molecule has 1 atom stereocenters. The molecule has 0 radical (unpaired) electrons. The molecule has 28 heavy (non-hydrogen) atoms. The molecular weight excluding hydrogens is 422 g/mol. The SMILES string of the molecule is [CH2+]C(C)(C)OC(=O)N1CCc2cc3c(cc2C1Cc1ccc(Br)cc1)OCO3. The van der Waals surface area contributed by atoms with Crippen molar-refractivity contribution in [2.75, 3.05) is 13.3 Å². The van der Waals surface area contributed by atoms with Crippen LogP contribution in [0.25, 0.3) is 0 Å². The molecule has 0 saturated heterocycles. The van der Waals surface area contributed by atoms with E-state index in [4.69, 9.17) is 14.2 Å². The van der Waals surface area contributed by atoms with Crippen LogP contribution in [0.15, 0.2) is 40.9 Å². The number of fused-ring (bicyclic) bond motifs is 2. The third kappa shape index (κ3) is 3.92. The largest absolute Gasteiger partial charge is 0.454 e. The predicted octanol–water partition coefficient (Wildman–Crippen LogP) is 5.07. The molecule has 1 amide bonds. The third-order valence-electron chi connectivity index (χ3n) is 4.93. The van der Waals surface area contributed by atoms with Crippen LogP contribution in [0.4, 0.5) is 4.79 Å². The summed E-state index contributed by atoms with van der Waals surface area (Å²) >= 11 is 3.48. The minimum atomic E-state index is -0.783. The summed E-state index contributed by atoms with van der Waals surface area (Å²) in [5.74, 6) is 1.50. The number of carbonyl (C=O) groups is 1. The molecule has 0 aromatic heterocycles. The fraction of sp³-hybridized carbons (Fsp3) is 0.364. The highest BCUT2D eigenvalue weighted by Crippen LogP contribution is 2.42. The highest BCUT2D eigenvalue weighted by atomic mass is 79.9. The summed E-state index contributed by atoms with van der Waals surface area (Å²) in [5.41, 5.74) is 2.63. The summed E-state index contributed by atoms with van der Waals surface area (Å²) in [6, 6.07) is 12.1. The maximum atomic E-state index is 12.9. The number of nitrogens with zero attached hydrogens (tertiary/aromatic N) is 1. The van der Waals surface area contributed by atoms with E-state index >= 15 is 0 Å². The van der Waals surface area contributed by atoms with Gasteiger partial charge in [0.25, 0.3) is 0 Å². The molecule has 0 spiro atoms. The van der Waals surface area contributed by atoms with Crippen LogP contribution in [0.3, 0.4) is 0 Å². The molecule has 2 aliphatic heterocycles. The highest BCUT2D eigenvalue weighted by molar-refractivity contribution is 9.10. The van der Waals surface area contributed by atoms with Gasteiger partial charge in [0.15, 0.2) is 11.5 Å². The van der Waals surface area contributed by atoms with Crippen LogP contribution in [0.1, 0.15) is 36.6 Å². The fourth-order valence-corrected chi connectivity index (χ4v) is 3.93. The van der Waals surface area contributed by atoms with E-state index in [0.717, 1.165) is 33.5 Å². The Hall–Kier alpha value is -2.34. The minimum Gasteiger partial charge on any atom is -0.454 e. The van der Waals surface area contributed by atoms with E-state index in [1.54, 1.807) is 18.7 Å². The topological polar surface area (TPSA) is 48.0 Å². The fourth-order valence-electron chi connectivity index (χ4n) is 3.67. The molecule has 2 aromatic rings. The molecule has 146 valence electrons. The van der Waals surface area contributed by atoms with Gasteiger partial charge in [0.2, 0.25) is 12.4 Å². The van der Waals surface area contributed by atoms with Crippen molar-refractivity contribution in [3.8, 4) is 11.5 Å². The van der Waals surface area contributed by atoms with Crippen LogP contribution in [-0.4, -0.2) is 29.9 Å². The summed E-state index contributed by atoms with van der Waals surface area (Å²) in [5, 5.41) is 0. The van der Waals surface area contributed by atoms with E-state index in [9.17, 15) is 4.79 Å². The van der Waals surface area contributed by atoms with Gasteiger partial charge in [0.05, 0.1) is 6.04 Å². The Kier molecular flexibility index (Phi) is 4.91. The van der Waals surface area contributed by atoms with Gasteiger partial charge in [-0.15, -0.1) is 0 Å². The first-order valence-corrected chi connectivity index (χ1v) is 10.1. The van der Waals surface area contributed by atoms with Gasteiger partial charge in [-0.3, -0.25) is 0 Å². The molecule has 0 fully saturated rings. The van der Waals surface area contributed by atoms with Gasteiger partial charge < -0.3 is 19.1 Å². The molecule has 5 nitrogen and oxygen atoms in total. The van der Waals surface area contributed by atoms with Crippen molar-refractivity contribution in [1.82, 2.24) is 4.90 Å². The van der Waals surface area contributed by atoms with E-state index < -0.39 is 5.60 Å². The molecule has 2 aromatic carbocycles. The Morgan fingerprint density at radius 3 is 2.61 bits per heavy atom. The lowest BCUT2D eigenvalue weighted by molar-refractivity contribution is 0.0272. The molecule has 0 aliphatic carbocycles. The van der Waals surface area contributed by atoms with E-state index in [2.05, 4.69) is 35.0 Å². The zero-order valence-electron chi connectivity index (χ0n) is 16.0. The second-order valence-electron chi connectivity index (χ2n) is 7.82. The van der Waals surface area contributed by atoms with Crippen molar-refractivity contribution in [3.05, 3.63) is 64.5 Å². The first kappa shape index (κ1) is 19.0. The van der Waals surface area contributed by atoms with Crippen molar-refractivity contribution >= 4 is 22.0 Å². The van der Waals surface area contributed by atoms with Gasteiger partial charge in [-0.25, -0.2) is 4.79 Å². The van der Waals surface area contributed by atoms with Crippen molar-refractivity contribution in [2.45, 2.75) is 38.3 Å². The van der Waals surface area contributed by atoms with Gasteiger partial charge in [-0.2, -0.15) is 0 Å². The number of rotatable bonds is 3. The van der Waals surface area contributed by atoms with Gasteiger partial charge >= 0.3 is 6.09 Å². The lowest BCUT2D eigenvalue weighted by Crippen LogP contribution is -2.43. The Labute approximate surface area is 173 Å². The lowest BCUT2D eigenvalue weighted by atomic mass is 9.88. The standard InChI is InChI=1S/C22H23BrNO4/c1-22(2,3)28-21(25)24-9-8-15-11-19-20(27-13-26-19)12-17(15)18(24)10-14-4-6-16(23)7-5-14/h4-7,11-12,18H,1,8-10,13H2,2-3H3/q+1. The molecule has 0 N–H and O–H groups in total. The summed E-state index contributed by atoms with van der Waals surface area (Å²) in [6.07, 6.45) is 1.09. The Morgan fingerprint density at radius 1 is 1.25 bits per heavy atom. The number of amides is 1. The predicted molar refractivity (Wildman–Crippen MR) is 109 cm³/mol. The maximum Gasteiger partial charge on any atom is 0.414 e. The highest BCUT2D eigenvalue weighted by Gasteiger charge is 2.36.